The fraction of sp³-hybridized carbons (Fsp3) is 0.818. The lowest BCUT2D eigenvalue weighted by Gasteiger charge is -2.03. The van der Waals surface area contributed by atoms with E-state index < -0.39 is 0 Å². The molecule has 1 aliphatic heterocycles. The largest absolute Gasteiger partial charge is 0.310 e. The second kappa shape index (κ2) is 10.4. The fourth-order valence-electron chi connectivity index (χ4n) is 0.569. The highest BCUT2D eigenvalue weighted by Crippen LogP contribution is 2.03. The van der Waals surface area contributed by atoms with Crippen LogP contribution in [-0.4, -0.2) is 0 Å². The van der Waals surface area contributed by atoms with Crippen LogP contribution in [-0.2, 0) is 0 Å². The van der Waals surface area contributed by atoms with E-state index in [1.807, 2.05) is 20.0 Å². The SMILES string of the molecule is CC.CC(C)C.CC(C)C1=CNNN1. The van der Waals surface area contributed by atoms with E-state index in [1.165, 1.54) is 5.70 Å². The first-order valence-corrected chi connectivity index (χ1v) is 5.50. The molecule has 86 valence electrons. The Labute approximate surface area is 89.3 Å². The van der Waals surface area contributed by atoms with Crippen molar-refractivity contribution in [2.45, 2.75) is 48.5 Å². The fourth-order valence-corrected chi connectivity index (χ4v) is 0.569. The van der Waals surface area contributed by atoms with Gasteiger partial charge in [0.2, 0.25) is 0 Å². The second-order valence-electron chi connectivity index (χ2n) is 3.88. The standard InChI is InChI=1S/C5H11N3.C4H10.C2H6/c1-4(2)5-3-6-8-7-5;1-4(2)3;1-2/h3-4,6-8H,1-2H3;4H,1-3H3;1-2H3. The van der Waals surface area contributed by atoms with Gasteiger partial charge in [-0.3, -0.25) is 0 Å². The molecule has 1 heterocycles. The van der Waals surface area contributed by atoms with Crippen molar-refractivity contribution < 1.29 is 0 Å². The molecule has 0 spiro atoms. The van der Waals surface area contributed by atoms with E-state index in [4.69, 9.17) is 0 Å². The molecule has 0 bridgehead atoms. The zero-order valence-electron chi connectivity index (χ0n) is 10.7. The summed E-state index contributed by atoms with van der Waals surface area (Å²) in [5, 5.41) is 0. The summed E-state index contributed by atoms with van der Waals surface area (Å²) in [5.74, 6) is 1.40. The summed E-state index contributed by atoms with van der Waals surface area (Å²) in [5.41, 5.74) is 9.75. The van der Waals surface area contributed by atoms with Gasteiger partial charge in [-0.2, -0.15) is 5.53 Å². The molecule has 0 saturated carbocycles. The van der Waals surface area contributed by atoms with Crippen LogP contribution in [0.3, 0.4) is 0 Å². The Morgan fingerprint density at radius 2 is 1.43 bits per heavy atom. The zero-order chi connectivity index (χ0) is 11.6. The van der Waals surface area contributed by atoms with Crippen LogP contribution in [0.5, 0.6) is 0 Å². The molecule has 0 fully saturated rings. The van der Waals surface area contributed by atoms with Gasteiger partial charge in [0, 0.05) is 11.9 Å². The minimum atomic E-state index is 0.567. The van der Waals surface area contributed by atoms with Gasteiger partial charge >= 0.3 is 0 Å². The Bertz CT molecular complexity index is 137. The van der Waals surface area contributed by atoms with E-state index in [0.717, 1.165) is 5.92 Å². The summed E-state index contributed by atoms with van der Waals surface area (Å²) in [6.07, 6.45) is 1.92. The highest BCUT2D eigenvalue weighted by atomic mass is 15.6. The molecule has 0 aromatic carbocycles. The van der Waals surface area contributed by atoms with Gasteiger partial charge in [0.05, 0.1) is 0 Å². The molecule has 0 aromatic heterocycles. The minimum Gasteiger partial charge on any atom is -0.310 e. The summed E-state index contributed by atoms with van der Waals surface area (Å²) < 4.78 is 0. The lowest BCUT2D eigenvalue weighted by Crippen LogP contribution is -2.32. The third kappa shape index (κ3) is 11.3. The maximum atomic E-state index is 2.96. The summed E-state index contributed by atoms with van der Waals surface area (Å²) in [4.78, 5) is 0. The molecule has 14 heavy (non-hydrogen) atoms. The predicted molar refractivity (Wildman–Crippen MR) is 64.2 cm³/mol. The molecule has 1 aliphatic rings. The summed E-state index contributed by atoms with van der Waals surface area (Å²) >= 11 is 0. The first-order valence-electron chi connectivity index (χ1n) is 5.50. The third-order valence-electron chi connectivity index (χ3n) is 1.13. The van der Waals surface area contributed by atoms with Crippen LogP contribution in [0.4, 0.5) is 0 Å². The van der Waals surface area contributed by atoms with Crippen molar-refractivity contribution in [1.82, 2.24) is 16.4 Å². The van der Waals surface area contributed by atoms with Gasteiger partial charge in [0.1, 0.15) is 0 Å². The van der Waals surface area contributed by atoms with E-state index in [9.17, 15) is 0 Å². The van der Waals surface area contributed by atoms with Crippen LogP contribution in [0.25, 0.3) is 0 Å². The van der Waals surface area contributed by atoms with Crippen molar-refractivity contribution in [3.8, 4) is 0 Å². The van der Waals surface area contributed by atoms with Gasteiger partial charge < -0.3 is 10.9 Å². The first kappa shape index (κ1) is 15.8. The lowest BCUT2D eigenvalue weighted by atomic mass is 10.2. The normalized spacial score (nSPS) is 13.1. The topological polar surface area (TPSA) is 36.1 Å². The van der Waals surface area contributed by atoms with Gasteiger partial charge in [0.25, 0.3) is 0 Å². The number of allylic oxidation sites excluding steroid dienone is 1. The molecule has 3 N–H and O–H groups in total. The Balaban J connectivity index is 0. The maximum absolute atomic E-state index is 2.96. The smallest absolute Gasteiger partial charge is 0.0476 e. The Morgan fingerprint density at radius 3 is 1.57 bits per heavy atom. The Morgan fingerprint density at radius 1 is 1.00 bits per heavy atom. The van der Waals surface area contributed by atoms with Crippen molar-refractivity contribution in [2.24, 2.45) is 11.8 Å². The van der Waals surface area contributed by atoms with Crippen LogP contribution in [0.1, 0.15) is 48.5 Å². The van der Waals surface area contributed by atoms with Crippen molar-refractivity contribution >= 4 is 0 Å². The first-order chi connectivity index (χ1) is 6.54. The second-order valence-corrected chi connectivity index (χ2v) is 3.88. The van der Waals surface area contributed by atoms with Gasteiger partial charge in [-0.05, 0) is 11.8 Å². The number of nitrogens with one attached hydrogen (secondary N) is 3. The highest BCUT2D eigenvalue weighted by molar-refractivity contribution is 5.02. The molecule has 0 aliphatic carbocycles. The van der Waals surface area contributed by atoms with Crippen molar-refractivity contribution in [3.63, 3.8) is 0 Å². The summed E-state index contributed by atoms with van der Waals surface area (Å²) in [6, 6.07) is 0. The number of hydrazine groups is 2. The number of hydrogen-bond acceptors (Lipinski definition) is 3. The average Bonchev–Trinajstić information content (AvgIpc) is 2.58. The molecule has 0 unspecified atom stereocenters. The minimum absolute atomic E-state index is 0.567. The van der Waals surface area contributed by atoms with Crippen LogP contribution in [0.15, 0.2) is 11.9 Å². The summed E-state index contributed by atoms with van der Waals surface area (Å²) in [6.45, 7) is 14.8. The zero-order valence-corrected chi connectivity index (χ0v) is 10.7. The molecule has 0 radical (unpaired) electrons. The molecule has 0 saturated heterocycles. The third-order valence-corrected chi connectivity index (χ3v) is 1.13. The monoisotopic (exact) mass is 201 g/mol. The van der Waals surface area contributed by atoms with Crippen molar-refractivity contribution in [3.05, 3.63) is 11.9 Å². The summed E-state index contributed by atoms with van der Waals surface area (Å²) in [7, 11) is 0. The molecule has 3 nitrogen and oxygen atoms in total. The quantitative estimate of drug-likeness (QED) is 0.610. The average molecular weight is 201 g/mol. The number of rotatable bonds is 1. The Hall–Kier alpha value is -0.700. The molecule has 0 atom stereocenters. The van der Waals surface area contributed by atoms with E-state index in [-0.39, 0.29) is 0 Å². The van der Waals surface area contributed by atoms with E-state index in [2.05, 4.69) is 51.0 Å². The molecule has 0 amide bonds. The maximum Gasteiger partial charge on any atom is 0.0476 e. The molecular weight excluding hydrogens is 174 g/mol. The molecule has 3 heteroatoms. The van der Waals surface area contributed by atoms with Crippen molar-refractivity contribution in [1.29, 1.82) is 0 Å². The molecular formula is C11H27N3. The van der Waals surface area contributed by atoms with Crippen LogP contribution in [0.2, 0.25) is 0 Å². The van der Waals surface area contributed by atoms with Crippen LogP contribution >= 0.6 is 0 Å². The van der Waals surface area contributed by atoms with Gasteiger partial charge in [-0.25, -0.2) is 0 Å². The molecule has 1 rings (SSSR count). The molecule has 0 aromatic rings. The van der Waals surface area contributed by atoms with Crippen molar-refractivity contribution in [2.75, 3.05) is 0 Å². The van der Waals surface area contributed by atoms with Crippen LogP contribution < -0.4 is 16.4 Å². The van der Waals surface area contributed by atoms with E-state index in [0.29, 0.717) is 5.92 Å². The predicted octanol–water partition coefficient (Wildman–Crippen LogP) is 2.78. The lowest BCUT2D eigenvalue weighted by molar-refractivity contribution is 0.564. The van der Waals surface area contributed by atoms with E-state index >= 15 is 0 Å². The van der Waals surface area contributed by atoms with Crippen LogP contribution in [0, 0.1) is 11.8 Å². The highest BCUT2D eigenvalue weighted by Gasteiger charge is 2.04. The van der Waals surface area contributed by atoms with Gasteiger partial charge in [-0.15, -0.1) is 0 Å². The van der Waals surface area contributed by atoms with Gasteiger partial charge in [0.15, 0.2) is 0 Å². The van der Waals surface area contributed by atoms with Gasteiger partial charge in [-0.1, -0.05) is 48.5 Å². The Kier molecular flexibility index (Phi) is 11.7. The van der Waals surface area contributed by atoms with E-state index in [1.54, 1.807) is 0 Å². The number of hydrogen-bond donors (Lipinski definition) is 3.